The van der Waals surface area contributed by atoms with E-state index in [4.69, 9.17) is 4.74 Å². The summed E-state index contributed by atoms with van der Waals surface area (Å²) in [5.41, 5.74) is 0. The number of likely N-dealkylation sites (tertiary alicyclic amines) is 1. The molecule has 1 atom stereocenters. The summed E-state index contributed by atoms with van der Waals surface area (Å²) in [6, 6.07) is 0. The van der Waals surface area contributed by atoms with Crippen LogP contribution in [0.3, 0.4) is 0 Å². The van der Waals surface area contributed by atoms with Gasteiger partial charge in [-0.25, -0.2) is 4.98 Å². The van der Waals surface area contributed by atoms with Crippen molar-refractivity contribution in [2.75, 3.05) is 13.1 Å². The first kappa shape index (κ1) is 11.4. The molecule has 1 aromatic heterocycles. The highest BCUT2D eigenvalue weighted by molar-refractivity contribution is 5.77. The van der Waals surface area contributed by atoms with E-state index in [0.717, 1.165) is 19.4 Å². The van der Waals surface area contributed by atoms with Crippen LogP contribution in [0.1, 0.15) is 25.7 Å². The molecule has 0 spiro atoms. The summed E-state index contributed by atoms with van der Waals surface area (Å²) in [7, 11) is 0. The number of hydrogen-bond acceptors (Lipinski definition) is 4. The standard InChI is InChI=1S/C13H17N3O2/c17-13(7-10-1-2-10)16-6-3-11(9-16)18-12-8-14-4-5-15-12/h4-5,8,10-11H,1-3,6-7,9H2/t11-/m1/s1. The van der Waals surface area contributed by atoms with E-state index in [1.54, 1.807) is 18.6 Å². The summed E-state index contributed by atoms with van der Waals surface area (Å²) < 4.78 is 5.71. The number of aromatic nitrogens is 2. The van der Waals surface area contributed by atoms with Crippen LogP contribution >= 0.6 is 0 Å². The molecule has 0 N–H and O–H groups in total. The zero-order valence-corrected chi connectivity index (χ0v) is 10.3. The molecule has 18 heavy (non-hydrogen) atoms. The molecule has 1 aromatic rings. The van der Waals surface area contributed by atoms with Crippen molar-refractivity contribution < 1.29 is 9.53 Å². The maximum absolute atomic E-state index is 11.9. The van der Waals surface area contributed by atoms with Crippen molar-refractivity contribution in [1.29, 1.82) is 0 Å². The topological polar surface area (TPSA) is 55.3 Å². The van der Waals surface area contributed by atoms with Crippen LogP contribution in [-0.4, -0.2) is 40.0 Å². The Bertz CT molecular complexity index is 420. The molecular weight excluding hydrogens is 230 g/mol. The van der Waals surface area contributed by atoms with Gasteiger partial charge in [-0.3, -0.25) is 9.78 Å². The zero-order valence-electron chi connectivity index (χ0n) is 10.3. The monoisotopic (exact) mass is 247 g/mol. The van der Waals surface area contributed by atoms with Gasteiger partial charge in [0, 0.05) is 31.8 Å². The smallest absolute Gasteiger partial charge is 0.232 e. The van der Waals surface area contributed by atoms with Gasteiger partial charge in [0.25, 0.3) is 0 Å². The summed E-state index contributed by atoms with van der Waals surface area (Å²) in [5, 5.41) is 0. The highest BCUT2D eigenvalue weighted by Gasteiger charge is 2.31. The lowest BCUT2D eigenvalue weighted by Crippen LogP contribution is -2.31. The van der Waals surface area contributed by atoms with E-state index in [0.29, 0.717) is 18.3 Å². The summed E-state index contributed by atoms with van der Waals surface area (Å²) in [5.74, 6) is 1.47. The maximum Gasteiger partial charge on any atom is 0.232 e. The quantitative estimate of drug-likeness (QED) is 0.803. The minimum Gasteiger partial charge on any atom is -0.471 e. The molecule has 2 aliphatic rings. The Morgan fingerprint density at radius 3 is 3.00 bits per heavy atom. The molecule has 0 unspecified atom stereocenters. The molecular formula is C13H17N3O2. The number of rotatable bonds is 4. The Kier molecular flexibility index (Phi) is 3.13. The van der Waals surface area contributed by atoms with Gasteiger partial charge in [0.2, 0.25) is 11.8 Å². The van der Waals surface area contributed by atoms with E-state index in [1.807, 2.05) is 4.90 Å². The molecule has 5 heteroatoms. The molecule has 2 heterocycles. The van der Waals surface area contributed by atoms with Crippen LogP contribution in [0.15, 0.2) is 18.6 Å². The second kappa shape index (κ2) is 4.92. The van der Waals surface area contributed by atoms with E-state index in [9.17, 15) is 4.79 Å². The number of ether oxygens (including phenoxy) is 1. The second-order valence-corrected chi connectivity index (χ2v) is 5.06. The lowest BCUT2D eigenvalue weighted by Gasteiger charge is -2.16. The van der Waals surface area contributed by atoms with Gasteiger partial charge in [-0.15, -0.1) is 0 Å². The van der Waals surface area contributed by atoms with Crippen molar-refractivity contribution in [3.05, 3.63) is 18.6 Å². The molecule has 1 saturated carbocycles. The Hall–Kier alpha value is -1.65. The molecule has 0 bridgehead atoms. The molecule has 1 amide bonds. The van der Waals surface area contributed by atoms with Crippen LogP contribution < -0.4 is 4.74 Å². The third-order valence-electron chi connectivity index (χ3n) is 3.48. The van der Waals surface area contributed by atoms with Crippen molar-refractivity contribution in [3.8, 4) is 5.88 Å². The average molecular weight is 247 g/mol. The molecule has 1 aliphatic heterocycles. The summed E-state index contributed by atoms with van der Waals surface area (Å²) in [6.07, 6.45) is 8.94. The fourth-order valence-electron chi connectivity index (χ4n) is 2.27. The highest BCUT2D eigenvalue weighted by Crippen LogP contribution is 2.33. The van der Waals surface area contributed by atoms with Gasteiger partial charge in [-0.05, 0) is 18.8 Å². The molecule has 0 radical (unpaired) electrons. The summed E-state index contributed by atoms with van der Waals surface area (Å²) in [6.45, 7) is 1.48. The fourth-order valence-corrected chi connectivity index (χ4v) is 2.27. The second-order valence-electron chi connectivity index (χ2n) is 5.06. The van der Waals surface area contributed by atoms with E-state index < -0.39 is 0 Å². The number of nitrogens with zero attached hydrogens (tertiary/aromatic N) is 3. The van der Waals surface area contributed by atoms with Gasteiger partial charge >= 0.3 is 0 Å². The zero-order chi connectivity index (χ0) is 12.4. The lowest BCUT2D eigenvalue weighted by atomic mass is 10.2. The van der Waals surface area contributed by atoms with Crippen LogP contribution in [0.25, 0.3) is 0 Å². The van der Waals surface area contributed by atoms with Crippen molar-refractivity contribution >= 4 is 5.91 Å². The number of hydrogen-bond donors (Lipinski definition) is 0. The Labute approximate surface area is 106 Å². The van der Waals surface area contributed by atoms with Crippen molar-refractivity contribution in [1.82, 2.24) is 14.9 Å². The van der Waals surface area contributed by atoms with Crippen molar-refractivity contribution in [2.45, 2.75) is 31.8 Å². The molecule has 1 saturated heterocycles. The Balaban J connectivity index is 1.50. The van der Waals surface area contributed by atoms with Crippen LogP contribution in [0.4, 0.5) is 0 Å². The van der Waals surface area contributed by atoms with E-state index in [-0.39, 0.29) is 12.0 Å². The first-order chi connectivity index (χ1) is 8.81. The fraction of sp³-hybridized carbons (Fsp3) is 0.615. The van der Waals surface area contributed by atoms with Gasteiger partial charge in [0.15, 0.2) is 0 Å². The van der Waals surface area contributed by atoms with Gasteiger partial charge < -0.3 is 9.64 Å². The summed E-state index contributed by atoms with van der Waals surface area (Å²) >= 11 is 0. The molecule has 96 valence electrons. The third kappa shape index (κ3) is 2.78. The number of carbonyl (C=O) groups is 1. The maximum atomic E-state index is 11.9. The van der Waals surface area contributed by atoms with Crippen LogP contribution in [0.2, 0.25) is 0 Å². The average Bonchev–Trinajstić information content (AvgIpc) is 3.07. The lowest BCUT2D eigenvalue weighted by molar-refractivity contribution is -0.130. The highest BCUT2D eigenvalue weighted by atomic mass is 16.5. The van der Waals surface area contributed by atoms with Gasteiger partial charge in [-0.1, -0.05) is 0 Å². The van der Waals surface area contributed by atoms with Gasteiger partial charge in [-0.2, -0.15) is 0 Å². The minimum atomic E-state index is 0.0600. The predicted octanol–water partition coefficient (Wildman–Crippen LogP) is 1.26. The van der Waals surface area contributed by atoms with Gasteiger partial charge in [0.1, 0.15) is 6.10 Å². The molecule has 1 aliphatic carbocycles. The molecule has 0 aromatic carbocycles. The number of carbonyl (C=O) groups excluding carboxylic acids is 1. The molecule has 5 nitrogen and oxygen atoms in total. The van der Waals surface area contributed by atoms with Crippen LogP contribution in [-0.2, 0) is 4.79 Å². The first-order valence-corrected chi connectivity index (χ1v) is 6.52. The Morgan fingerprint density at radius 1 is 1.39 bits per heavy atom. The van der Waals surface area contributed by atoms with Crippen LogP contribution in [0.5, 0.6) is 5.88 Å². The largest absolute Gasteiger partial charge is 0.471 e. The SMILES string of the molecule is O=C(CC1CC1)N1CC[C@@H](Oc2cnccn2)C1. The molecule has 3 rings (SSSR count). The van der Waals surface area contributed by atoms with E-state index >= 15 is 0 Å². The molecule has 2 fully saturated rings. The van der Waals surface area contributed by atoms with Crippen molar-refractivity contribution in [2.24, 2.45) is 5.92 Å². The van der Waals surface area contributed by atoms with Crippen LogP contribution in [0, 0.1) is 5.92 Å². The van der Waals surface area contributed by atoms with Crippen molar-refractivity contribution in [3.63, 3.8) is 0 Å². The third-order valence-corrected chi connectivity index (χ3v) is 3.48. The normalized spacial score (nSPS) is 23.1. The van der Waals surface area contributed by atoms with E-state index in [2.05, 4.69) is 9.97 Å². The van der Waals surface area contributed by atoms with Gasteiger partial charge in [0.05, 0.1) is 12.7 Å². The minimum absolute atomic E-state index is 0.0600. The first-order valence-electron chi connectivity index (χ1n) is 6.52. The Morgan fingerprint density at radius 2 is 2.28 bits per heavy atom. The number of amides is 1. The van der Waals surface area contributed by atoms with E-state index in [1.165, 1.54) is 12.8 Å². The summed E-state index contributed by atoms with van der Waals surface area (Å²) in [4.78, 5) is 21.9. The predicted molar refractivity (Wildman–Crippen MR) is 65.0 cm³/mol.